The number of unbranched alkanes of at least 4 members (excludes halogenated alkanes) is 1. The lowest BCUT2D eigenvalue weighted by Crippen LogP contribution is -2.25. The summed E-state index contributed by atoms with van der Waals surface area (Å²) in [5.41, 5.74) is 0. The molecule has 0 aromatic rings. The van der Waals surface area contributed by atoms with E-state index in [0.717, 1.165) is 19.4 Å². The molecule has 0 spiro atoms. The van der Waals surface area contributed by atoms with Crippen molar-refractivity contribution in [3.63, 3.8) is 0 Å². The van der Waals surface area contributed by atoms with Gasteiger partial charge in [0, 0.05) is 12.4 Å². The summed E-state index contributed by atoms with van der Waals surface area (Å²) in [6.45, 7) is 3.54. The minimum Gasteiger partial charge on any atom is -0.316 e. The zero-order valence-electron chi connectivity index (χ0n) is 8.05. The fourth-order valence-corrected chi connectivity index (χ4v) is 2.47. The molecule has 80 valence electrons. The van der Waals surface area contributed by atoms with Crippen molar-refractivity contribution in [3.05, 3.63) is 0 Å². The van der Waals surface area contributed by atoms with Gasteiger partial charge in [0.1, 0.15) is 0 Å². The van der Waals surface area contributed by atoms with Gasteiger partial charge in [-0.15, -0.1) is 11.6 Å². The average Bonchev–Trinajstić information content (AvgIpc) is 2.04. The molecule has 0 atom stereocenters. The van der Waals surface area contributed by atoms with E-state index in [2.05, 4.69) is 12.2 Å². The van der Waals surface area contributed by atoms with Gasteiger partial charge in [-0.1, -0.05) is 13.3 Å². The third kappa shape index (κ3) is 8.53. The summed E-state index contributed by atoms with van der Waals surface area (Å²) in [5, 5.41) is 3.08. The highest BCUT2D eigenvalue weighted by atomic mass is 35.5. The minimum atomic E-state index is -2.91. The topological polar surface area (TPSA) is 46.2 Å². The Bertz CT molecular complexity index is 204. The van der Waals surface area contributed by atoms with E-state index in [1.807, 2.05) is 0 Å². The molecule has 0 aromatic heterocycles. The Morgan fingerprint density at radius 3 is 2.46 bits per heavy atom. The Morgan fingerprint density at radius 2 is 1.92 bits per heavy atom. The van der Waals surface area contributed by atoms with Crippen LogP contribution in [-0.2, 0) is 9.84 Å². The van der Waals surface area contributed by atoms with Gasteiger partial charge in [0.2, 0.25) is 0 Å². The Labute approximate surface area is 85.8 Å². The lowest BCUT2D eigenvalue weighted by molar-refractivity contribution is 0.590. The van der Waals surface area contributed by atoms with Crippen LogP contribution < -0.4 is 5.32 Å². The normalized spacial score (nSPS) is 11.8. The standard InChI is InChI=1S/C8H18ClNO2S/c1-2-3-5-10-6-8-13(11,12)7-4-9/h10H,2-8H2,1H3. The number of sulfone groups is 1. The van der Waals surface area contributed by atoms with Crippen LogP contribution in [0.25, 0.3) is 0 Å². The molecule has 0 fully saturated rings. The molecule has 0 heterocycles. The second-order valence-electron chi connectivity index (χ2n) is 2.94. The summed E-state index contributed by atoms with van der Waals surface area (Å²) < 4.78 is 22.3. The first kappa shape index (κ1) is 13.2. The molecule has 0 saturated carbocycles. The first-order chi connectivity index (χ1) is 6.12. The maximum Gasteiger partial charge on any atom is 0.152 e. The minimum absolute atomic E-state index is 0.0873. The van der Waals surface area contributed by atoms with Crippen molar-refractivity contribution in [3.8, 4) is 0 Å². The second-order valence-corrected chi connectivity index (χ2v) is 5.63. The number of rotatable bonds is 8. The summed E-state index contributed by atoms with van der Waals surface area (Å²) in [5.74, 6) is 0.477. The molecule has 0 saturated heterocycles. The van der Waals surface area contributed by atoms with Gasteiger partial charge < -0.3 is 5.32 Å². The molecule has 0 aliphatic heterocycles. The van der Waals surface area contributed by atoms with E-state index < -0.39 is 9.84 Å². The van der Waals surface area contributed by atoms with Gasteiger partial charge in [0.15, 0.2) is 9.84 Å². The smallest absolute Gasteiger partial charge is 0.152 e. The predicted molar refractivity (Wildman–Crippen MR) is 57.2 cm³/mol. The molecule has 0 bridgehead atoms. The van der Waals surface area contributed by atoms with E-state index in [1.54, 1.807) is 0 Å². The summed E-state index contributed by atoms with van der Waals surface area (Å²) >= 11 is 5.35. The molecule has 5 heteroatoms. The summed E-state index contributed by atoms with van der Waals surface area (Å²) in [6.07, 6.45) is 2.22. The molecule has 13 heavy (non-hydrogen) atoms. The fourth-order valence-electron chi connectivity index (χ4n) is 0.874. The first-order valence-electron chi connectivity index (χ1n) is 4.59. The van der Waals surface area contributed by atoms with Gasteiger partial charge in [-0.25, -0.2) is 8.42 Å². The molecule has 1 N–H and O–H groups in total. The second kappa shape index (κ2) is 7.59. The van der Waals surface area contributed by atoms with Gasteiger partial charge in [-0.2, -0.15) is 0 Å². The first-order valence-corrected chi connectivity index (χ1v) is 6.95. The predicted octanol–water partition coefficient (Wildman–Crippen LogP) is 1.03. The summed E-state index contributed by atoms with van der Waals surface area (Å²) in [7, 11) is -2.91. The monoisotopic (exact) mass is 227 g/mol. The number of halogens is 1. The van der Waals surface area contributed by atoms with Crippen molar-refractivity contribution in [2.45, 2.75) is 19.8 Å². The highest BCUT2D eigenvalue weighted by molar-refractivity contribution is 7.91. The molecule has 0 aliphatic carbocycles. The Kier molecular flexibility index (Phi) is 7.71. The molecule has 0 aromatic carbocycles. The maximum atomic E-state index is 11.1. The van der Waals surface area contributed by atoms with Crippen LogP contribution in [0.3, 0.4) is 0 Å². The van der Waals surface area contributed by atoms with Crippen molar-refractivity contribution in [2.24, 2.45) is 0 Å². The number of hydrogen-bond donors (Lipinski definition) is 1. The van der Waals surface area contributed by atoms with E-state index in [4.69, 9.17) is 11.6 Å². The van der Waals surface area contributed by atoms with Gasteiger partial charge in [-0.3, -0.25) is 0 Å². The van der Waals surface area contributed by atoms with Crippen LogP contribution in [-0.4, -0.2) is 38.9 Å². The highest BCUT2D eigenvalue weighted by Gasteiger charge is 2.08. The van der Waals surface area contributed by atoms with Crippen LogP contribution in [0.5, 0.6) is 0 Å². The lowest BCUT2D eigenvalue weighted by Gasteiger charge is -2.03. The summed E-state index contributed by atoms with van der Waals surface area (Å²) in [6, 6.07) is 0. The average molecular weight is 228 g/mol. The largest absolute Gasteiger partial charge is 0.316 e. The summed E-state index contributed by atoms with van der Waals surface area (Å²) in [4.78, 5) is 0. The lowest BCUT2D eigenvalue weighted by atomic mass is 10.3. The van der Waals surface area contributed by atoms with E-state index in [0.29, 0.717) is 6.54 Å². The van der Waals surface area contributed by atoms with Gasteiger partial charge >= 0.3 is 0 Å². The van der Waals surface area contributed by atoms with Crippen molar-refractivity contribution in [1.29, 1.82) is 0 Å². The van der Waals surface area contributed by atoms with Crippen LogP contribution >= 0.6 is 11.6 Å². The van der Waals surface area contributed by atoms with Crippen LogP contribution in [0.2, 0.25) is 0 Å². The zero-order valence-corrected chi connectivity index (χ0v) is 9.62. The molecule has 0 aliphatic rings. The number of hydrogen-bond acceptors (Lipinski definition) is 3. The van der Waals surface area contributed by atoms with E-state index >= 15 is 0 Å². The van der Waals surface area contributed by atoms with Crippen LogP contribution in [0.15, 0.2) is 0 Å². The molecule has 0 radical (unpaired) electrons. The molecule has 0 amide bonds. The van der Waals surface area contributed by atoms with Crippen LogP contribution in [0.4, 0.5) is 0 Å². The van der Waals surface area contributed by atoms with Gasteiger partial charge in [0.05, 0.1) is 11.5 Å². The molecule has 0 unspecified atom stereocenters. The SMILES string of the molecule is CCCCNCCS(=O)(=O)CCCl. The Hall–Kier alpha value is 0.200. The zero-order chi connectivity index (χ0) is 10.2. The van der Waals surface area contributed by atoms with Gasteiger partial charge in [-0.05, 0) is 13.0 Å². The Balaban J connectivity index is 3.41. The van der Waals surface area contributed by atoms with Gasteiger partial charge in [0.25, 0.3) is 0 Å². The molecule has 3 nitrogen and oxygen atoms in total. The van der Waals surface area contributed by atoms with Crippen molar-refractivity contribution in [2.75, 3.05) is 30.5 Å². The van der Waals surface area contributed by atoms with Crippen LogP contribution in [0, 0.1) is 0 Å². The van der Waals surface area contributed by atoms with E-state index in [1.165, 1.54) is 0 Å². The maximum absolute atomic E-state index is 11.1. The van der Waals surface area contributed by atoms with E-state index in [-0.39, 0.29) is 17.4 Å². The fraction of sp³-hybridized carbons (Fsp3) is 1.00. The molecular formula is C8H18ClNO2S. The third-order valence-corrected chi connectivity index (χ3v) is 3.75. The molecular weight excluding hydrogens is 210 g/mol. The number of alkyl halides is 1. The third-order valence-electron chi connectivity index (χ3n) is 1.69. The van der Waals surface area contributed by atoms with E-state index in [9.17, 15) is 8.42 Å². The van der Waals surface area contributed by atoms with Crippen molar-refractivity contribution < 1.29 is 8.42 Å². The van der Waals surface area contributed by atoms with Crippen LogP contribution in [0.1, 0.15) is 19.8 Å². The number of nitrogens with one attached hydrogen (secondary N) is 1. The Morgan fingerprint density at radius 1 is 1.23 bits per heavy atom. The molecule has 0 rings (SSSR count). The van der Waals surface area contributed by atoms with Crippen molar-refractivity contribution >= 4 is 21.4 Å². The quantitative estimate of drug-likeness (QED) is 0.498. The highest BCUT2D eigenvalue weighted by Crippen LogP contribution is 1.91. The van der Waals surface area contributed by atoms with Crippen molar-refractivity contribution in [1.82, 2.24) is 5.32 Å².